The van der Waals surface area contributed by atoms with E-state index in [1.807, 2.05) is 20.8 Å². The Morgan fingerprint density at radius 3 is 1.89 bits per heavy atom. The van der Waals surface area contributed by atoms with Gasteiger partial charge in [0.2, 0.25) is 0 Å². The molecule has 0 radical (unpaired) electrons. The molecule has 0 saturated carbocycles. The molecular formula is C13H25KO4. The fraction of sp³-hybridized carbons (Fsp3) is 0.846. The minimum Gasteiger partial charge on any atom is -1.00 e. The van der Waals surface area contributed by atoms with E-state index < -0.39 is 17.9 Å². The second kappa shape index (κ2) is 9.48. The number of hydrogen-bond donors (Lipinski definition) is 2. The van der Waals surface area contributed by atoms with Crippen LogP contribution in [0, 0.1) is 17.3 Å². The van der Waals surface area contributed by atoms with Gasteiger partial charge >= 0.3 is 63.3 Å². The van der Waals surface area contributed by atoms with Crippen LogP contribution < -0.4 is 51.4 Å². The van der Waals surface area contributed by atoms with Gasteiger partial charge in [-0.3, -0.25) is 9.59 Å². The van der Waals surface area contributed by atoms with Crippen molar-refractivity contribution in [3.8, 4) is 0 Å². The maximum atomic E-state index is 10.9. The van der Waals surface area contributed by atoms with Crippen LogP contribution in [0.1, 0.15) is 54.8 Å². The van der Waals surface area contributed by atoms with E-state index in [-0.39, 0.29) is 70.6 Å². The van der Waals surface area contributed by atoms with Crippen molar-refractivity contribution in [2.45, 2.75) is 53.4 Å². The fourth-order valence-corrected chi connectivity index (χ4v) is 1.95. The van der Waals surface area contributed by atoms with E-state index in [1.54, 1.807) is 0 Å². The van der Waals surface area contributed by atoms with E-state index in [0.29, 0.717) is 0 Å². The Morgan fingerprint density at radius 1 is 1.17 bits per heavy atom. The fourth-order valence-electron chi connectivity index (χ4n) is 1.95. The zero-order valence-corrected chi connectivity index (χ0v) is 15.3. The Labute approximate surface area is 153 Å². The van der Waals surface area contributed by atoms with E-state index in [0.717, 1.165) is 19.3 Å². The predicted octanol–water partition coefficient (Wildman–Crippen LogP) is 0.131. The standard InChI is InChI=1S/C13H24O4.K.H/c1-5-6-7-9(13(2,3)4)8-10(11(14)15)12(16)17;;/h9-10H,5-8H2,1-4H3,(H,14,15)(H,16,17);;/q;+1;-1. The first-order valence-corrected chi connectivity index (χ1v) is 6.15. The molecule has 2 N–H and O–H groups in total. The van der Waals surface area contributed by atoms with Crippen molar-refractivity contribution < 1.29 is 72.6 Å². The van der Waals surface area contributed by atoms with Crippen LogP contribution in [-0.4, -0.2) is 22.2 Å². The molecule has 0 bridgehead atoms. The summed E-state index contributed by atoms with van der Waals surface area (Å²) in [5, 5.41) is 17.8. The molecule has 1 atom stereocenters. The van der Waals surface area contributed by atoms with E-state index in [9.17, 15) is 9.59 Å². The third kappa shape index (κ3) is 7.89. The summed E-state index contributed by atoms with van der Waals surface area (Å²) in [5.41, 5.74) is -0.0572. The first-order valence-electron chi connectivity index (χ1n) is 6.15. The smallest absolute Gasteiger partial charge is 1.00 e. The SMILES string of the molecule is CCCCC(CC(C(=O)O)C(=O)O)C(C)(C)C.[H-].[K+]. The van der Waals surface area contributed by atoms with Crippen molar-refractivity contribution in [1.82, 2.24) is 0 Å². The number of hydrogen-bond acceptors (Lipinski definition) is 2. The average molecular weight is 284 g/mol. The molecule has 1 unspecified atom stereocenters. The van der Waals surface area contributed by atoms with E-state index >= 15 is 0 Å². The summed E-state index contributed by atoms with van der Waals surface area (Å²) < 4.78 is 0. The molecule has 0 spiro atoms. The Kier molecular flexibility index (Phi) is 11.0. The van der Waals surface area contributed by atoms with Crippen molar-refractivity contribution in [1.29, 1.82) is 0 Å². The van der Waals surface area contributed by atoms with Crippen LogP contribution in [0.15, 0.2) is 0 Å². The van der Waals surface area contributed by atoms with Crippen LogP contribution in [-0.2, 0) is 9.59 Å². The second-order valence-electron chi connectivity index (χ2n) is 5.67. The summed E-state index contributed by atoms with van der Waals surface area (Å²) in [6.45, 7) is 8.18. The summed E-state index contributed by atoms with van der Waals surface area (Å²) in [4.78, 5) is 21.8. The van der Waals surface area contributed by atoms with Gasteiger partial charge < -0.3 is 11.6 Å². The second-order valence-corrected chi connectivity index (χ2v) is 5.67. The summed E-state index contributed by atoms with van der Waals surface area (Å²) in [6.07, 6.45) is 3.15. The molecule has 0 fully saturated rings. The zero-order valence-electron chi connectivity index (χ0n) is 13.2. The minimum absolute atomic E-state index is 0. The summed E-state index contributed by atoms with van der Waals surface area (Å²) in [6, 6.07) is 0. The van der Waals surface area contributed by atoms with Gasteiger partial charge in [-0.1, -0.05) is 40.5 Å². The first-order chi connectivity index (χ1) is 7.70. The van der Waals surface area contributed by atoms with Crippen LogP contribution in [0.4, 0.5) is 0 Å². The van der Waals surface area contributed by atoms with E-state index in [2.05, 4.69) is 6.92 Å². The maximum Gasteiger partial charge on any atom is 1.00 e. The van der Waals surface area contributed by atoms with Gasteiger partial charge in [0.25, 0.3) is 0 Å². The maximum absolute atomic E-state index is 10.9. The van der Waals surface area contributed by atoms with Crippen LogP contribution >= 0.6 is 0 Å². The van der Waals surface area contributed by atoms with Gasteiger partial charge in [0.1, 0.15) is 0 Å². The van der Waals surface area contributed by atoms with Crippen LogP contribution in [0.3, 0.4) is 0 Å². The minimum atomic E-state index is -1.28. The number of unbranched alkanes of at least 4 members (excludes halogenated alkanes) is 1. The molecule has 102 valence electrons. The van der Waals surface area contributed by atoms with Gasteiger partial charge in [-0.15, -0.1) is 0 Å². The summed E-state index contributed by atoms with van der Waals surface area (Å²) in [7, 11) is 0. The molecule has 0 aromatic heterocycles. The average Bonchev–Trinajstić information content (AvgIpc) is 2.14. The molecule has 18 heavy (non-hydrogen) atoms. The molecule has 0 aliphatic carbocycles. The summed E-state index contributed by atoms with van der Waals surface area (Å²) >= 11 is 0. The van der Waals surface area contributed by atoms with Gasteiger partial charge in [-0.25, -0.2) is 0 Å². The van der Waals surface area contributed by atoms with Gasteiger partial charge in [-0.2, -0.15) is 0 Å². The van der Waals surface area contributed by atoms with Crippen LogP contribution in [0.5, 0.6) is 0 Å². The predicted molar refractivity (Wildman–Crippen MR) is 67.0 cm³/mol. The molecule has 0 aromatic carbocycles. The quantitative estimate of drug-likeness (QED) is 0.515. The molecule has 0 saturated heterocycles. The number of aliphatic carboxylic acids is 2. The number of carboxylic acid groups (broad SMARTS) is 2. The Balaban J connectivity index is -0.00000128. The molecule has 4 nitrogen and oxygen atoms in total. The third-order valence-electron chi connectivity index (χ3n) is 3.25. The monoisotopic (exact) mass is 284 g/mol. The number of rotatable bonds is 7. The largest absolute Gasteiger partial charge is 1.00 e. The Bertz CT molecular complexity index is 262. The molecule has 5 heteroatoms. The van der Waals surface area contributed by atoms with Gasteiger partial charge in [-0.05, 0) is 24.2 Å². The van der Waals surface area contributed by atoms with Gasteiger partial charge in [0, 0.05) is 0 Å². The topological polar surface area (TPSA) is 74.6 Å². The molecule has 0 heterocycles. The molecule has 0 aliphatic rings. The van der Waals surface area contributed by atoms with Gasteiger partial charge in [0.05, 0.1) is 0 Å². The van der Waals surface area contributed by atoms with Crippen molar-refractivity contribution >= 4 is 11.9 Å². The number of carbonyl (C=O) groups is 2. The normalized spacial score (nSPS) is 12.9. The summed E-state index contributed by atoms with van der Waals surface area (Å²) in [5.74, 6) is -3.62. The molecule has 0 rings (SSSR count). The number of carboxylic acids is 2. The van der Waals surface area contributed by atoms with Crippen LogP contribution in [0.2, 0.25) is 0 Å². The van der Waals surface area contributed by atoms with E-state index in [1.165, 1.54) is 0 Å². The molecule has 0 aromatic rings. The van der Waals surface area contributed by atoms with Crippen molar-refractivity contribution in [3.05, 3.63) is 0 Å². The van der Waals surface area contributed by atoms with Crippen LogP contribution in [0.25, 0.3) is 0 Å². The van der Waals surface area contributed by atoms with Crippen molar-refractivity contribution in [3.63, 3.8) is 0 Å². The van der Waals surface area contributed by atoms with Crippen molar-refractivity contribution in [2.24, 2.45) is 17.3 Å². The first kappa shape index (κ1) is 20.9. The Hall–Kier alpha value is 0.576. The van der Waals surface area contributed by atoms with E-state index in [4.69, 9.17) is 10.2 Å². The van der Waals surface area contributed by atoms with Crippen molar-refractivity contribution in [2.75, 3.05) is 0 Å². The molecule has 0 amide bonds. The molecular weight excluding hydrogens is 259 g/mol. The molecule has 0 aliphatic heterocycles. The van der Waals surface area contributed by atoms with Gasteiger partial charge in [0.15, 0.2) is 5.92 Å². The third-order valence-corrected chi connectivity index (χ3v) is 3.25. The zero-order chi connectivity index (χ0) is 13.6. The Morgan fingerprint density at radius 2 is 1.61 bits per heavy atom.